The second-order valence-corrected chi connectivity index (χ2v) is 7.02. The van der Waals surface area contributed by atoms with Gasteiger partial charge in [0, 0.05) is 18.0 Å². The summed E-state index contributed by atoms with van der Waals surface area (Å²) in [7, 11) is 0. The van der Waals surface area contributed by atoms with Crippen LogP contribution in [0.2, 0.25) is 0 Å². The Kier molecular flexibility index (Phi) is 7.43. The number of hydrogen-bond donors (Lipinski definition) is 1. The van der Waals surface area contributed by atoms with Crippen LogP contribution in [0.1, 0.15) is 42.6 Å². The van der Waals surface area contributed by atoms with Gasteiger partial charge in [-0.1, -0.05) is 32.4 Å². The van der Waals surface area contributed by atoms with Crippen molar-refractivity contribution in [3.63, 3.8) is 0 Å². The summed E-state index contributed by atoms with van der Waals surface area (Å²) in [6.07, 6.45) is 2.68. The molecule has 0 saturated carbocycles. The quantitative estimate of drug-likeness (QED) is 0.243. The third kappa shape index (κ3) is 5.94. The van der Waals surface area contributed by atoms with Gasteiger partial charge in [-0.3, -0.25) is 4.79 Å². The fourth-order valence-corrected chi connectivity index (χ4v) is 2.91. The van der Waals surface area contributed by atoms with Gasteiger partial charge < -0.3 is 19.2 Å². The van der Waals surface area contributed by atoms with Gasteiger partial charge in [-0.2, -0.15) is 0 Å². The number of aryl methyl sites for hydroxylation is 1. The highest BCUT2D eigenvalue weighted by molar-refractivity contribution is 5.96. The number of unbranched alkanes of at least 4 members (excludes halogenated alkanes) is 1. The molecule has 0 atom stereocenters. The lowest BCUT2D eigenvalue weighted by Gasteiger charge is -2.08. The van der Waals surface area contributed by atoms with Gasteiger partial charge in [0.2, 0.25) is 0 Å². The summed E-state index contributed by atoms with van der Waals surface area (Å²) in [4.78, 5) is 36.4. The molecular weight excluding hydrogens is 398 g/mol. The van der Waals surface area contributed by atoms with Gasteiger partial charge in [0.15, 0.2) is 6.61 Å². The third-order valence-corrected chi connectivity index (χ3v) is 4.69. The Hall–Kier alpha value is -3.61. The molecule has 3 rings (SSSR count). The van der Waals surface area contributed by atoms with Crippen LogP contribution in [-0.4, -0.2) is 25.0 Å². The van der Waals surface area contributed by atoms with E-state index < -0.39 is 17.5 Å². The summed E-state index contributed by atoms with van der Waals surface area (Å²) in [5.41, 5.74) is 0.588. The average Bonchev–Trinajstić information content (AvgIpc) is 2.77. The molecule has 7 nitrogen and oxygen atoms in total. The van der Waals surface area contributed by atoms with Crippen LogP contribution in [0.25, 0.3) is 11.0 Å². The Balaban J connectivity index is 1.64. The van der Waals surface area contributed by atoms with Crippen molar-refractivity contribution in [3.8, 4) is 11.5 Å². The minimum absolute atomic E-state index is 0.0594. The van der Waals surface area contributed by atoms with Crippen LogP contribution in [0.15, 0.2) is 57.7 Å². The van der Waals surface area contributed by atoms with E-state index in [2.05, 4.69) is 12.2 Å². The zero-order chi connectivity index (χ0) is 22.2. The van der Waals surface area contributed by atoms with Gasteiger partial charge in [0.05, 0.1) is 0 Å². The number of benzene rings is 2. The van der Waals surface area contributed by atoms with Crippen molar-refractivity contribution >= 4 is 22.8 Å². The van der Waals surface area contributed by atoms with E-state index in [1.165, 1.54) is 17.7 Å². The SMILES string of the molecule is CCCCNC(=O)c1cc2ccc(OC(=O)COc3ccc(CC)cc3)cc2oc1=O. The molecule has 1 heterocycles. The molecule has 0 aliphatic carbocycles. The standard InChI is InChI=1S/C24H25NO6/c1-3-5-12-25-23(27)20-13-17-8-11-19(14-21(17)31-24(20)28)30-22(26)15-29-18-9-6-16(4-2)7-10-18/h6-11,13-14H,3-5,12,15H2,1-2H3,(H,25,27). The topological polar surface area (TPSA) is 94.8 Å². The molecule has 0 saturated heterocycles. The van der Waals surface area contributed by atoms with Crippen LogP contribution >= 0.6 is 0 Å². The number of esters is 1. The molecule has 0 unspecified atom stereocenters. The van der Waals surface area contributed by atoms with Crippen LogP contribution in [0.5, 0.6) is 11.5 Å². The van der Waals surface area contributed by atoms with Crippen molar-refractivity contribution < 1.29 is 23.5 Å². The smallest absolute Gasteiger partial charge is 0.349 e. The van der Waals surface area contributed by atoms with Crippen molar-refractivity contribution in [1.29, 1.82) is 0 Å². The Bertz CT molecular complexity index is 1120. The van der Waals surface area contributed by atoms with Crippen LogP contribution in [0, 0.1) is 0 Å². The van der Waals surface area contributed by atoms with E-state index in [0.717, 1.165) is 19.3 Å². The van der Waals surface area contributed by atoms with Crippen LogP contribution in [-0.2, 0) is 11.2 Å². The molecule has 7 heteroatoms. The molecule has 0 bridgehead atoms. The molecule has 1 aromatic heterocycles. The number of carbonyl (C=O) groups is 2. The Morgan fingerprint density at radius 1 is 1.00 bits per heavy atom. The zero-order valence-electron chi connectivity index (χ0n) is 17.6. The lowest BCUT2D eigenvalue weighted by Crippen LogP contribution is -2.28. The van der Waals surface area contributed by atoms with E-state index in [0.29, 0.717) is 17.7 Å². The molecule has 31 heavy (non-hydrogen) atoms. The summed E-state index contributed by atoms with van der Waals surface area (Å²) in [6.45, 7) is 4.30. The highest BCUT2D eigenvalue weighted by Crippen LogP contribution is 2.21. The number of carbonyl (C=O) groups excluding carboxylic acids is 2. The summed E-state index contributed by atoms with van der Waals surface area (Å²) < 4.78 is 16.0. The first-order valence-corrected chi connectivity index (χ1v) is 10.3. The summed E-state index contributed by atoms with van der Waals surface area (Å²) in [5.74, 6) is -0.272. The number of rotatable bonds is 9. The second kappa shape index (κ2) is 10.4. The van der Waals surface area contributed by atoms with Crippen LogP contribution < -0.4 is 20.4 Å². The van der Waals surface area contributed by atoms with Crippen LogP contribution in [0.4, 0.5) is 0 Å². The minimum atomic E-state index is -0.746. The number of amides is 1. The number of ether oxygens (including phenoxy) is 2. The molecule has 0 fully saturated rings. The molecule has 0 spiro atoms. The van der Waals surface area contributed by atoms with Crippen molar-refractivity contribution in [2.24, 2.45) is 0 Å². The lowest BCUT2D eigenvalue weighted by molar-refractivity contribution is -0.136. The van der Waals surface area contributed by atoms with Gasteiger partial charge >= 0.3 is 11.6 Å². The molecule has 162 valence electrons. The lowest BCUT2D eigenvalue weighted by atomic mass is 10.1. The number of hydrogen-bond acceptors (Lipinski definition) is 6. The first kappa shape index (κ1) is 22.1. The largest absolute Gasteiger partial charge is 0.482 e. The van der Waals surface area contributed by atoms with E-state index in [-0.39, 0.29) is 23.5 Å². The summed E-state index contributed by atoms with van der Waals surface area (Å²) in [6, 6.07) is 13.6. The monoisotopic (exact) mass is 423 g/mol. The van der Waals surface area contributed by atoms with Crippen molar-refractivity contribution in [1.82, 2.24) is 5.32 Å². The maximum atomic E-state index is 12.2. The van der Waals surface area contributed by atoms with Gasteiger partial charge in [-0.05, 0) is 48.7 Å². The van der Waals surface area contributed by atoms with Crippen molar-refractivity contribution in [2.75, 3.05) is 13.2 Å². The highest BCUT2D eigenvalue weighted by atomic mass is 16.6. The maximum absolute atomic E-state index is 12.2. The van der Waals surface area contributed by atoms with Gasteiger partial charge in [0.25, 0.3) is 5.91 Å². The first-order valence-electron chi connectivity index (χ1n) is 10.3. The van der Waals surface area contributed by atoms with Gasteiger partial charge in [-0.15, -0.1) is 0 Å². The minimum Gasteiger partial charge on any atom is -0.482 e. The van der Waals surface area contributed by atoms with Crippen molar-refractivity contribution in [2.45, 2.75) is 33.1 Å². The molecule has 1 N–H and O–H groups in total. The molecular formula is C24H25NO6. The molecule has 2 aromatic carbocycles. The summed E-state index contributed by atoms with van der Waals surface area (Å²) in [5, 5.41) is 3.24. The Morgan fingerprint density at radius 2 is 1.74 bits per heavy atom. The molecule has 0 aliphatic rings. The zero-order valence-corrected chi connectivity index (χ0v) is 17.6. The van der Waals surface area contributed by atoms with Crippen LogP contribution in [0.3, 0.4) is 0 Å². The van der Waals surface area contributed by atoms with Crippen molar-refractivity contribution in [3.05, 3.63) is 70.1 Å². The first-order chi connectivity index (χ1) is 15.0. The second-order valence-electron chi connectivity index (χ2n) is 7.02. The van der Waals surface area contributed by atoms with E-state index in [1.807, 2.05) is 19.1 Å². The summed E-state index contributed by atoms with van der Waals surface area (Å²) >= 11 is 0. The van der Waals surface area contributed by atoms with Gasteiger partial charge in [-0.25, -0.2) is 9.59 Å². The number of fused-ring (bicyclic) bond motifs is 1. The molecule has 3 aromatic rings. The Morgan fingerprint density at radius 3 is 2.45 bits per heavy atom. The average molecular weight is 423 g/mol. The maximum Gasteiger partial charge on any atom is 0.349 e. The van der Waals surface area contributed by atoms with Gasteiger partial charge in [0.1, 0.15) is 22.6 Å². The van der Waals surface area contributed by atoms with E-state index in [1.54, 1.807) is 24.3 Å². The van der Waals surface area contributed by atoms with E-state index in [4.69, 9.17) is 13.9 Å². The fourth-order valence-electron chi connectivity index (χ4n) is 2.91. The molecule has 1 amide bonds. The van der Waals surface area contributed by atoms with E-state index >= 15 is 0 Å². The molecule has 0 radical (unpaired) electrons. The van der Waals surface area contributed by atoms with E-state index in [9.17, 15) is 14.4 Å². The normalized spacial score (nSPS) is 10.6. The fraction of sp³-hybridized carbons (Fsp3) is 0.292. The predicted molar refractivity (Wildman–Crippen MR) is 117 cm³/mol. The molecule has 0 aliphatic heterocycles. The Labute approximate surface area is 180 Å². The number of nitrogens with one attached hydrogen (secondary N) is 1. The third-order valence-electron chi connectivity index (χ3n) is 4.69. The predicted octanol–water partition coefficient (Wildman–Crippen LogP) is 3.87. The highest BCUT2D eigenvalue weighted by Gasteiger charge is 2.14.